The molecule has 0 saturated heterocycles. The minimum Gasteiger partial charge on any atom is -0.376 e. The third-order valence-electron chi connectivity index (χ3n) is 4.65. The highest BCUT2D eigenvalue weighted by Gasteiger charge is 2.41. The molecule has 3 rings (SSSR count). The predicted octanol–water partition coefficient (Wildman–Crippen LogP) is 1.97. The van der Waals surface area contributed by atoms with E-state index in [0.717, 1.165) is 24.3 Å². The van der Waals surface area contributed by atoms with Gasteiger partial charge in [0, 0.05) is 5.69 Å². The molecular weight excluding hydrogens is 294 g/mol. The van der Waals surface area contributed by atoms with Crippen LogP contribution in [0.2, 0.25) is 0 Å². The molecule has 0 fully saturated rings. The number of nitrogens with zero attached hydrogens (tertiary/aromatic N) is 3. The first-order valence-corrected chi connectivity index (χ1v) is 7.94. The molecule has 2 N–H and O–H groups in total. The van der Waals surface area contributed by atoms with Gasteiger partial charge in [-0.05, 0) is 42.5 Å². The van der Waals surface area contributed by atoms with Gasteiger partial charge in [-0.25, -0.2) is 0 Å². The number of ether oxygens (including phenoxy) is 1. The highest BCUT2D eigenvalue weighted by atomic mass is 16.5. The van der Waals surface area contributed by atoms with Crippen molar-refractivity contribution in [3.05, 3.63) is 35.2 Å². The zero-order valence-corrected chi connectivity index (χ0v) is 13.4. The Morgan fingerprint density at radius 3 is 2.87 bits per heavy atom. The van der Waals surface area contributed by atoms with Crippen LogP contribution >= 0.6 is 0 Å². The van der Waals surface area contributed by atoms with Crippen molar-refractivity contribution in [2.24, 2.45) is 0 Å². The summed E-state index contributed by atoms with van der Waals surface area (Å²) in [6.07, 6.45) is 2.12. The number of amides is 1. The molecule has 1 amide bonds. The number of tetrazole rings is 1. The van der Waals surface area contributed by atoms with Crippen LogP contribution in [0, 0.1) is 0 Å². The second kappa shape index (κ2) is 6.45. The lowest BCUT2D eigenvalue weighted by Crippen LogP contribution is -2.40. The molecule has 7 heteroatoms. The van der Waals surface area contributed by atoms with Crippen molar-refractivity contribution in [3.8, 4) is 0 Å². The van der Waals surface area contributed by atoms with Crippen LogP contribution in [0.3, 0.4) is 0 Å². The molecule has 7 nitrogen and oxygen atoms in total. The molecule has 1 aliphatic heterocycles. The molecule has 0 atom stereocenters. The van der Waals surface area contributed by atoms with Gasteiger partial charge in [0.1, 0.15) is 5.41 Å². The van der Waals surface area contributed by atoms with Gasteiger partial charge < -0.3 is 10.1 Å². The number of rotatable bonds is 5. The van der Waals surface area contributed by atoms with Crippen molar-refractivity contribution in [3.63, 3.8) is 0 Å². The van der Waals surface area contributed by atoms with Crippen molar-refractivity contribution >= 4 is 11.6 Å². The highest BCUT2D eigenvalue weighted by molar-refractivity contribution is 5.98. The molecule has 1 aromatic heterocycles. The average Bonchev–Trinajstić information content (AvgIpc) is 3.11. The number of carbonyl (C=O) groups excluding carboxylic acids is 1. The minimum atomic E-state index is -0.778. The first kappa shape index (κ1) is 15.6. The Kier molecular flexibility index (Phi) is 4.38. The molecule has 122 valence electrons. The molecule has 1 aliphatic rings. The smallest absolute Gasteiger partial charge is 0.238 e. The van der Waals surface area contributed by atoms with E-state index in [4.69, 9.17) is 4.74 Å². The normalized spacial score (nSPS) is 14.3. The summed E-state index contributed by atoms with van der Waals surface area (Å²) < 4.78 is 5.48. The number of aromatic amines is 1. The molecule has 0 radical (unpaired) electrons. The first-order chi connectivity index (χ1) is 11.2. The summed E-state index contributed by atoms with van der Waals surface area (Å²) in [5.74, 6) is 0.321. The van der Waals surface area contributed by atoms with E-state index in [1.807, 2.05) is 26.0 Å². The Labute approximate surface area is 134 Å². The number of benzene rings is 1. The lowest BCUT2D eigenvalue weighted by Gasteiger charge is -2.27. The lowest BCUT2D eigenvalue weighted by molar-refractivity contribution is -0.122. The Bertz CT molecular complexity index is 680. The number of carbonyl (C=O) groups is 1. The van der Waals surface area contributed by atoms with Crippen LogP contribution in [-0.4, -0.2) is 33.1 Å². The quantitative estimate of drug-likeness (QED) is 0.880. The monoisotopic (exact) mass is 315 g/mol. The van der Waals surface area contributed by atoms with Gasteiger partial charge in [0.05, 0.1) is 13.2 Å². The molecule has 0 bridgehead atoms. The molecule has 2 aromatic rings. The third kappa shape index (κ3) is 2.84. The van der Waals surface area contributed by atoms with E-state index in [-0.39, 0.29) is 5.91 Å². The van der Waals surface area contributed by atoms with Crippen LogP contribution in [0.25, 0.3) is 0 Å². The van der Waals surface area contributed by atoms with E-state index in [1.54, 1.807) is 0 Å². The number of hydrogen-bond acceptors (Lipinski definition) is 5. The molecule has 0 aliphatic carbocycles. The Morgan fingerprint density at radius 2 is 2.17 bits per heavy atom. The highest BCUT2D eigenvalue weighted by Crippen LogP contribution is 2.31. The Hall–Kier alpha value is -2.28. The number of anilines is 1. The zero-order chi connectivity index (χ0) is 16.3. The number of H-pyrrole nitrogens is 1. The van der Waals surface area contributed by atoms with Crippen molar-refractivity contribution in [1.82, 2.24) is 20.6 Å². The minimum absolute atomic E-state index is 0.111. The van der Waals surface area contributed by atoms with E-state index < -0.39 is 5.41 Å². The van der Waals surface area contributed by atoms with Crippen LogP contribution < -0.4 is 5.32 Å². The van der Waals surface area contributed by atoms with Gasteiger partial charge in [0.15, 0.2) is 5.82 Å². The van der Waals surface area contributed by atoms with Crippen molar-refractivity contribution in [2.75, 3.05) is 11.9 Å². The van der Waals surface area contributed by atoms with E-state index in [1.165, 1.54) is 5.56 Å². The van der Waals surface area contributed by atoms with E-state index >= 15 is 0 Å². The summed E-state index contributed by atoms with van der Waals surface area (Å²) in [5, 5.41) is 17.1. The molecule has 0 unspecified atom stereocenters. The standard InChI is InChI=1S/C16H21N5O2/c1-3-16(4-2,14-18-20-21-19-14)15(22)17-13-6-5-11-7-8-23-10-12(11)9-13/h5-6,9H,3-4,7-8,10H2,1-2H3,(H,17,22)(H,18,19,20,21). The maximum atomic E-state index is 12.9. The largest absolute Gasteiger partial charge is 0.376 e. The van der Waals surface area contributed by atoms with Crippen LogP contribution in [0.1, 0.15) is 43.6 Å². The second-order valence-electron chi connectivity index (χ2n) is 5.76. The molecule has 1 aromatic carbocycles. The Morgan fingerprint density at radius 1 is 1.35 bits per heavy atom. The predicted molar refractivity (Wildman–Crippen MR) is 84.9 cm³/mol. The molecule has 2 heterocycles. The topological polar surface area (TPSA) is 92.8 Å². The van der Waals surface area contributed by atoms with E-state index in [0.29, 0.717) is 25.3 Å². The fourth-order valence-corrected chi connectivity index (χ4v) is 3.05. The summed E-state index contributed by atoms with van der Waals surface area (Å²) in [5.41, 5.74) is 2.41. The maximum absolute atomic E-state index is 12.9. The van der Waals surface area contributed by atoms with Gasteiger partial charge in [-0.2, -0.15) is 5.21 Å². The van der Waals surface area contributed by atoms with Gasteiger partial charge in [-0.3, -0.25) is 4.79 Å². The van der Waals surface area contributed by atoms with Crippen LogP contribution in [0.15, 0.2) is 18.2 Å². The van der Waals surface area contributed by atoms with Crippen molar-refractivity contribution in [1.29, 1.82) is 0 Å². The van der Waals surface area contributed by atoms with Gasteiger partial charge in [-0.15, -0.1) is 10.2 Å². The summed E-state index contributed by atoms with van der Waals surface area (Å²) in [4.78, 5) is 12.9. The summed E-state index contributed by atoms with van der Waals surface area (Å²) in [6.45, 7) is 5.27. The van der Waals surface area contributed by atoms with Gasteiger partial charge in [0.2, 0.25) is 5.91 Å². The van der Waals surface area contributed by atoms with Gasteiger partial charge in [-0.1, -0.05) is 25.1 Å². The molecule has 23 heavy (non-hydrogen) atoms. The van der Waals surface area contributed by atoms with Gasteiger partial charge >= 0.3 is 0 Å². The van der Waals surface area contributed by atoms with Crippen LogP contribution in [-0.2, 0) is 28.0 Å². The Balaban J connectivity index is 1.85. The number of nitrogens with one attached hydrogen (secondary N) is 2. The van der Waals surface area contributed by atoms with Crippen LogP contribution in [0.4, 0.5) is 5.69 Å². The van der Waals surface area contributed by atoms with Gasteiger partial charge in [0.25, 0.3) is 0 Å². The van der Waals surface area contributed by atoms with E-state index in [2.05, 4.69) is 32.0 Å². The summed E-state index contributed by atoms with van der Waals surface area (Å²) in [6, 6.07) is 5.98. The number of aromatic nitrogens is 4. The third-order valence-corrected chi connectivity index (χ3v) is 4.65. The second-order valence-corrected chi connectivity index (χ2v) is 5.76. The molecule has 0 spiro atoms. The SMILES string of the molecule is CCC(CC)(C(=O)Nc1ccc2c(c1)COCC2)c1nn[nH]n1. The number of hydrogen-bond donors (Lipinski definition) is 2. The zero-order valence-electron chi connectivity index (χ0n) is 13.4. The lowest BCUT2D eigenvalue weighted by atomic mass is 9.80. The summed E-state index contributed by atoms with van der Waals surface area (Å²) >= 11 is 0. The fraction of sp³-hybridized carbons (Fsp3) is 0.500. The van der Waals surface area contributed by atoms with Crippen LogP contribution in [0.5, 0.6) is 0 Å². The molecule has 0 saturated carbocycles. The van der Waals surface area contributed by atoms with Crippen molar-refractivity contribution in [2.45, 2.75) is 45.1 Å². The number of fused-ring (bicyclic) bond motifs is 1. The average molecular weight is 315 g/mol. The van der Waals surface area contributed by atoms with E-state index in [9.17, 15) is 4.79 Å². The fourth-order valence-electron chi connectivity index (χ4n) is 3.05. The van der Waals surface area contributed by atoms with Crippen molar-refractivity contribution < 1.29 is 9.53 Å². The maximum Gasteiger partial charge on any atom is 0.238 e. The first-order valence-electron chi connectivity index (χ1n) is 7.94. The summed E-state index contributed by atoms with van der Waals surface area (Å²) in [7, 11) is 0. The molecular formula is C16H21N5O2.